The lowest BCUT2D eigenvalue weighted by atomic mass is 10.2. The van der Waals surface area contributed by atoms with Crippen molar-refractivity contribution < 1.29 is 4.74 Å². The zero-order valence-electron chi connectivity index (χ0n) is 8.57. The lowest BCUT2D eigenvalue weighted by Gasteiger charge is -2.23. The molecule has 0 radical (unpaired) electrons. The van der Waals surface area contributed by atoms with Crippen LogP contribution in [0.3, 0.4) is 0 Å². The largest absolute Gasteiger partial charge is 0.356 e. The molecule has 4 nitrogen and oxygen atoms in total. The molecule has 1 aromatic heterocycles. The van der Waals surface area contributed by atoms with E-state index in [4.69, 9.17) is 16.3 Å². The summed E-state index contributed by atoms with van der Waals surface area (Å²) >= 11 is 5.81. The average molecular weight is 229 g/mol. The van der Waals surface area contributed by atoms with Crippen molar-refractivity contribution in [3.63, 3.8) is 0 Å². The van der Waals surface area contributed by atoms with Gasteiger partial charge in [-0.3, -0.25) is 4.79 Å². The van der Waals surface area contributed by atoms with Crippen molar-refractivity contribution in [3.8, 4) is 0 Å². The zero-order valence-corrected chi connectivity index (χ0v) is 9.33. The van der Waals surface area contributed by atoms with Crippen molar-refractivity contribution in [2.45, 2.75) is 32.4 Å². The SMILES string of the molecule is Cc1c(Cl)cnn([C@@H]2CCCCO2)c1=O. The van der Waals surface area contributed by atoms with Crippen molar-refractivity contribution in [2.24, 2.45) is 0 Å². The molecule has 15 heavy (non-hydrogen) atoms. The number of ether oxygens (including phenoxy) is 1. The van der Waals surface area contributed by atoms with E-state index in [0.717, 1.165) is 19.3 Å². The summed E-state index contributed by atoms with van der Waals surface area (Å²) in [5, 5.41) is 4.42. The first kappa shape index (κ1) is 10.6. The first-order valence-electron chi connectivity index (χ1n) is 5.05. The van der Waals surface area contributed by atoms with Gasteiger partial charge in [0.25, 0.3) is 5.56 Å². The number of hydrogen-bond donors (Lipinski definition) is 0. The van der Waals surface area contributed by atoms with E-state index in [1.807, 2.05) is 0 Å². The standard InChI is InChI=1S/C10H13ClN2O2/c1-7-8(11)6-12-13(10(7)14)9-4-2-3-5-15-9/h6,9H,2-5H2,1H3/t9-/m0/s1. The van der Waals surface area contributed by atoms with Gasteiger partial charge >= 0.3 is 0 Å². The minimum absolute atomic E-state index is 0.158. The summed E-state index contributed by atoms with van der Waals surface area (Å²) < 4.78 is 6.89. The number of nitrogens with zero attached hydrogens (tertiary/aromatic N) is 2. The molecule has 0 aliphatic carbocycles. The summed E-state index contributed by atoms with van der Waals surface area (Å²) in [6, 6.07) is 0. The zero-order chi connectivity index (χ0) is 10.8. The molecule has 1 fully saturated rings. The van der Waals surface area contributed by atoms with E-state index in [-0.39, 0.29) is 11.8 Å². The maximum absolute atomic E-state index is 11.8. The monoisotopic (exact) mass is 228 g/mol. The lowest BCUT2D eigenvalue weighted by Crippen LogP contribution is -2.32. The van der Waals surface area contributed by atoms with Gasteiger partial charge in [0.2, 0.25) is 0 Å². The van der Waals surface area contributed by atoms with E-state index >= 15 is 0 Å². The first-order valence-corrected chi connectivity index (χ1v) is 5.43. The van der Waals surface area contributed by atoms with Crippen LogP contribution in [0.2, 0.25) is 5.02 Å². The predicted molar refractivity (Wildman–Crippen MR) is 57.1 cm³/mol. The maximum Gasteiger partial charge on any atom is 0.273 e. The molecule has 2 rings (SSSR count). The van der Waals surface area contributed by atoms with Crippen molar-refractivity contribution in [2.75, 3.05) is 6.61 Å². The highest BCUT2D eigenvalue weighted by atomic mass is 35.5. The van der Waals surface area contributed by atoms with Crippen molar-refractivity contribution in [1.29, 1.82) is 0 Å². The van der Waals surface area contributed by atoms with Gasteiger partial charge < -0.3 is 4.74 Å². The van der Waals surface area contributed by atoms with Gasteiger partial charge in [-0.1, -0.05) is 11.6 Å². The molecule has 5 heteroatoms. The third kappa shape index (κ3) is 2.06. The Labute approximate surface area is 92.8 Å². The Morgan fingerprint density at radius 3 is 3.07 bits per heavy atom. The molecule has 1 aromatic rings. The quantitative estimate of drug-likeness (QED) is 0.738. The minimum Gasteiger partial charge on any atom is -0.356 e. The molecule has 1 aliphatic heterocycles. The first-order chi connectivity index (χ1) is 7.20. The lowest BCUT2D eigenvalue weighted by molar-refractivity contribution is -0.0426. The van der Waals surface area contributed by atoms with Crippen LogP contribution in [0, 0.1) is 6.92 Å². The van der Waals surface area contributed by atoms with Crippen LogP contribution in [0.15, 0.2) is 11.0 Å². The highest BCUT2D eigenvalue weighted by Crippen LogP contribution is 2.20. The summed E-state index contributed by atoms with van der Waals surface area (Å²) in [5.41, 5.74) is 0.371. The van der Waals surface area contributed by atoms with Crippen LogP contribution in [0.4, 0.5) is 0 Å². The fourth-order valence-electron chi connectivity index (χ4n) is 1.66. The molecule has 0 bridgehead atoms. The Balaban J connectivity index is 2.35. The summed E-state index contributed by atoms with van der Waals surface area (Å²) in [4.78, 5) is 11.8. The second kappa shape index (κ2) is 4.33. The number of hydrogen-bond acceptors (Lipinski definition) is 3. The topological polar surface area (TPSA) is 44.1 Å². The van der Waals surface area contributed by atoms with Crippen LogP contribution >= 0.6 is 11.6 Å². The Kier molecular flexibility index (Phi) is 3.07. The van der Waals surface area contributed by atoms with E-state index in [1.54, 1.807) is 6.92 Å². The molecule has 82 valence electrons. The minimum atomic E-state index is -0.220. The van der Waals surface area contributed by atoms with Crippen LogP contribution in [0.25, 0.3) is 0 Å². The molecule has 0 saturated carbocycles. The number of halogens is 1. The van der Waals surface area contributed by atoms with E-state index in [0.29, 0.717) is 17.2 Å². The molecule has 0 N–H and O–H groups in total. The smallest absolute Gasteiger partial charge is 0.273 e. The normalized spacial score (nSPS) is 21.6. The van der Waals surface area contributed by atoms with E-state index in [1.165, 1.54) is 10.9 Å². The molecule has 0 aromatic carbocycles. The van der Waals surface area contributed by atoms with Gasteiger partial charge in [0.1, 0.15) is 0 Å². The highest BCUT2D eigenvalue weighted by molar-refractivity contribution is 6.31. The van der Waals surface area contributed by atoms with Crippen LogP contribution in [-0.2, 0) is 4.74 Å². The van der Waals surface area contributed by atoms with Crippen molar-refractivity contribution in [1.82, 2.24) is 9.78 Å². The Bertz CT molecular complexity index is 410. The summed E-state index contributed by atoms with van der Waals surface area (Å²) in [7, 11) is 0. The van der Waals surface area contributed by atoms with Gasteiger partial charge in [0.05, 0.1) is 11.2 Å². The van der Waals surface area contributed by atoms with Crippen molar-refractivity contribution >= 4 is 11.6 Å². The van der Waals surface area contributed by atoms with Crippen LogP contribution in [0.1, 0.15) is 31.1 Å². The molecule has 1 atom stereocenters. The maximum atomic E-state index is 11.8. The average Bonchev–Trinajstić information content (AvgIpc) is 2.27. The Morgan fingerprint density at radius 1 is 1.60 bits per heavy atom. The van der Waals surface area contributed by atoms with Crippen LogP contribution in [-0.4, -0.2) is 16.4 Å². The van der Waals surface area contributed by atoms with Gasteiger partial charge in [-0.15, -0.1) is 0 Å². The second-order valence-electron chi connectivity index (χ2n) is 3.69. The van der Waals surface area contributed by atoms with E-state index in [9.17, 15) is 4.79 Å². The molecule has 0 spiro atoms. The van der Waals surface area contributed by atoms with Crippen LogP contribution in [0.5, 0.6) is 0 Å². The van der Waals surface area contributed by atoms with Crippen molar-refractivity contribution in [3.05, 3.63) is 27.1 Å². The van der Waals surface area contributed by atoms with E-state index < -0.39 is 0 Å². The molecule has 1 aliphatic rings. The van der Waals surface area contributed by atoms with Gasteiger partial charge in [0.15, 0.2) is 6.23 Å². The molecule has 0 amide bonds. The molecular weight excluding hydrogens is 216 g/mol. The van der Waals surface area contributed by atoms with Gasteiger partial charge in [-0.05, 0) is 26.2 Å². The molecular formula is C10H13ClN2O2. The third-order valence-electron chi connectivity index (χ3n) is 2.61. The molecule has 0 unspecified atom stereocenters. The fraction of sp³-hybridized carbons (Fsp3) is 0.600. The highest BCUT2D eigenvalue weighted by Gasteiger charge is 2.19. The van der Waals surface area contributed by atoms with Crippen LogP contribution < -0.4 is 5.56 Å². The second-order valence-corrected chi connectivity index (χ2v) is 4.10. The number of aromatic nitrogens is 2. The predicted octanol–water partition coefficient (Wildman–Crippen LogP) is 1.90. The summed E-state index contributed by atoms with van der Waals surface area (Å²) in [6.45, 7) is 2.39. The molecule has 1 saturated heterocycles. The molecule has 2 heterocycles. The third-order valence-corrected chi connectivity index (χ3v) is 2.99. The van der Waals surface area contributed by atoms with Gasteiger partial charge in [-0.2, -0.15) is 5.10 Å². The number of rotatable bonds is 1. The Hall–Kier alpha value is -0.870. The van der Waals surface area contributed by atoms with Gasteiger partial charge in [-0.25, -0.2) is 4.68 Å². The summed E-state index contributed by atoms with van der Waals surface area (Å²) in [6.07, 6.45) is 4.24. The van der Waals surface area contributed by atoms with Gasteiger partial charge in [0, 0.05) is 12.2 Å². The van der Waals surface area contributed by atoms with E-state index in [2.05, 4.69) is 5.10 Å². The fourth-order valence-corrected chi connectivity index (χ4v) is 1.78. The summed E-state index contributed by atoms with van der Waals surface area (Å²) in [5.74, 6) is 0. The Morgan fingerprint density at radius 2 is 2.40 bits per heavy atom.